The topological polar surface area (TPSA) is 126 Å². The van der Waals surface area contributed by atoms with Gasteiger partial charge in [-0.3, -0.25) is 0 Å². The van der Waals surface area contributed by atoms with Crippen LogP contribution in [-0.4, -0.2) is 125 Å². The highest BCUT2D eigenvalue weighted by Crippen LogP contribution is 2.14. The highest BCUT2D eigenvalue weighted by molar-refractivity contribution is 7.27. The van der Waals surface area contributed by atoms with E-state index in [0.29, 0.717) is 0 Å². The minimum atomic E-state index is -3.37. The Labute approximate surface area is 405 Å². The zero-order valence-corrected chi connectivity index (χ0v) is 48.4. The maximum absolute atomic E-state index is 8.48. The summed E-state index contributed by atoms with van der Waals surface area (Å²) in [5.41, 5.74) is 0. The van der Waals surface area contributed by atoms with E-state index in [1.165, 1.54) is 251 Å². The van der Waals surface area contributed by atoms with E-state index in [2.05, 4.69) is 111 Å². The van der Waals surface area contributed by atoms with Gasteiger partial charge in [0.05, 0.1) is 107 Å². The highest BCUT2D eigenvalue weighted by Gasteiger charge is 2.21. The Hall–Kier alpha value is -0.120. The molecule has 0 aliphatic heterocycles. The molecule has 392 valence electrons. The summed E-state index contributed by atoms with van der Waals surface area (Å²) in [6, 6.07) is 0. The number of hydrogen-bond donors (Lipinski definition) is 0. The van der Waals surface area contributed by atoms with Crippen molar-refractivity contribution in [3.05, 3.63) is 0 Å². The number of unbranched alkanes of at least 4 members (excludes halogenated alkanes) is 12. The van der Waals surface area contributed by atoms with Crippen LogP contribution in [0.1, 0.15) is 237 Å². The van der Waals surface area contributed by atoms with Crippen LogP contribution in [0.25, 0.3) is 0 Å². The summed E-state index contributed by atoms with van der Waals surface area (Å²) >= 11 is 0. The van der Waals surface area contributed by atoms with E-state index in [0.717, 1.165) is 0 Å². The first-order chi connectivity index (χ1) is 30.2. The van der Waals surface area contributed by atoms with Crippen LogP contribution in [0, 0.1) is 0 Å². The van der Waals surface area contributed by atoms with Crippen LogP contribution in [0.3, 0.4) is 0 Å². The molecule has 0 unspecified atom stereocenters. The van der Waals surface area contributed by atoms with Gasteiger partial charge in [0.25, 0.3) is 16.5 Å². The fraction of sp³-hybridized carbons (Fsp3) is 1.00. The third-order valence-corrected chi connectivity index (χ3v) is 12.6. The van der Waals surface area contributed by atoms with Crippen LogP contribution in [0.2, 0.25) is 0 Å². The van der Waals surface area contributed by atoms with Gasteiger partial charge in [0.15, 0.2) is 0 Å². The van der Waals surface area contributed by atoms with E-state index < -0.39 is 16.5 Å². The second kappa shape index (κ2) is 55.5. The highest BCUT2D eigenvalue weighted by atomic mass is 31.1. The van der Waals surface area contributed by atoms with Gasteiger partial charge in [-0.2, -0.15) is 0 Å². The molecular formula is C52H120N4O6P2+2. The Bertz CT molecular complexity index is 707. The van der Waals surface area contributed by atoms with Gasteiger partial charge in [0.2, 0.25) is 0 Å². The van der Waals surface area contributed by atoms with E-state index in [4.69, 9.17) is 28.7 Å². The standard InChI is InChI=1S/4C13H30N.2HO3P/c4*1-5-8-11-14(4,12-9-6-2)13-10-7-3;2*1-4(2)3/h4*5-13H2,1-4H3;2*(H,1,2,3)/q4*+1;;/p-2. The molecule has 0 aromatic carbocycles. The Morgan fingerprint density at radius 1 is 0.234 bits per heavy atom. The monoisotopic (exact) mass is 959 g/mol. The molecule has 12 heteroatoms. The summed E-state index contributed by atoms with van der Waals surface area (Å²) in [6.07, 6.45) is 32.8. The lowest BCUT2D eigenvalue weighted by atomic mass is 10.2. The fourth-order valence-electron chi connectivity index (χ4n) is 7.82. The molecule has 0 saturated carbocycles. The summed E-state index contributed by atoms with van der Waals surface area (Å²) in [5, 5.41) is 0. The molecule has 0 rings (SSSR count). The predicted molar refractivity (Wildman–Crippen MR) is 277 cm³/mol. The predicted octanol–water partition coefficient (Wildman–Crippen LogP) is 12.1. The van der Waals surface area contributed by atoms with Crippen molar-refractivity contribution in [3.8, 4) is 0 Å². The van der Waals surface area contributed by atoms with Crippen molar-refractivity contribution in [1.82, 2.24) is 0 Å². The smallest absolute Gasteiger partial charge is 0.276 e. The van der Waals surface area contributed by atoms with Crippen LogP contribution >= 0.6 is 16.5 Å². The second-order valence-corrected chi connectivity index (χ2v) is 20.7. The van der Waals surface area contributed by atoms with Crippen molar-refractivity contribution in [2.24, 2.45) is 0 Å². The Morgan fingerprint density at radius 2 is 0.297 bits per heavy atom. The van der Waals surface area contributed by atoms with Crippen molar-refractivity contribution in [2.75, 3.05) is 107 Å². The van der Waals surface area contributed by atoms with Gasteiger partial charge in [-0.05, 0) is 77.0 Å². The van der Waals surface area contributed by atoms with Crippen LogP contribution in [-0.2, 0) is 9.13 Å². The zero-order valence-electron chi connectivity index (χ0n) is 46.6. The summed E-state index contributed by atoms with van der Waals surface area (Å²) in [4.78, 5) is 33.9. The Balaban J connectivity index is -0.000000165. The fourth-order valence-corrected chi connectivity index (χ4v) is 7.82. The molecule has 0 atom stereocenters. The van der Waals surface area contributed by atoms with E-state index in [-0.39, 0.29) is 0 Å². The second-order valence-electron chi connectivity index (χ2n) is 19.9. The molecule has 0 radical (unpaired) electrons. The number of hydrogen-bond acceptors (Lipinski definition) is 6. The molecular weight excluding hydrogens is 839 g/mol. The Morgan fingerprint density at radius 3 is 0.344 bits per heavy atom. The average Bonchev–Trinajstić information content (AvgIpc) is 3.26. The van der Waals surface area contributed by atoms with Crippen molar-refractivity contribution >= 4 is 16.5 Å². The summed E-state index contributed by atoms with van der Waals surface area (Å²) < 4.78 is 22.2. The molecule has 0 amide bonds. The zero-order chi connectivity index (χ0) is 50.6. The van der Waals surface area contributed by atoms with E-state index in [1.807, 2.05) is 0 Å². The normalized spacial score (nSPS) is 11.3. The molecule has 0 saturated heterocycles. The maximum atomic E-state index is 8.48. The summed E-state index contributed by atoms with van der Waals surface area (Å²) in [5.74, 6) is 0. The summed E-state index contributed by atoms with van der Waals surface area (Å²) in [6.45, 7) is 44.2. The summed E-state index contributed by atoms with van der Waals surface area (Å²) in [7, 11) is 3.04. The van der Waals surface area contributed by atoms with Gasteiger partial charge in [0.1, 0.15) is 0 Å². The molecule has 0 heterocycles. The average molecular weight is 960 g/mol. The van der Waals surface area contributed by atoms with Gasteiger partial charge in [-0.15, -0.1) is 0 Å². The van der Waals surface area contributed by atoms with Crippen molar-refractivity contribution < 1.29 is 46.6 Å². The van der Waals surface area contributed by atoms with Crippen LogP contribution in [0.4, 0.5) is 0 Å². The van der Waals surface area contributed by atoms with Crippen molar-refractivity contribution in [3.63, 3.8) is 0 Å². The van der Waals surface area contributed by atoms with E-state index in [9.17, 15) is 0 Å². The lowest BCUT2D eigenvalue weighted by Crippen LogP contribution is -2.46. The molecule has 64 heavy (non-hydrogen) atoms. The van der Waals surface area contributed by atoms with Gasteiger partial charge < -0.3 is 37.5 Å². The van der Waals surface area contributed by atoms with Gasteiger partial charge in [0, 0.05) is 0 Å². The van der Waals surface area contributed by atoms with Gasteiger partial charge >= 0.3 is 0 Å². The minimum Gasteiger partial charge on any atom is -0.598 e. The van der Waals surface area contributed by atoms with Crippen LogP contribution in [0.5, 0.6) is 0 Å². The third-order valence-electron chi connectivity index (χ3n) is 12.6. The van der Waals surface area contributed by atoms with Crippen molar-refractivity contribution in [2.45, 2.75) is 237 Å². The molecule has 0 spiro atoms. The molecule has 0 aliphatic rings. The largest absolute Gasteiger partial charge is 0.598 e. The molecule has 0 aromatic rings. The van der Waals surface area contributed by atoms with E-state index in [1.54, 1.807) is 0 Å². The van der Waals surface area contributed by atoms with Crippen molar-refractivity contribution in [1.29, 1.82) is 0 Å². The van der Waals surface area contributed by atoms with E-state index >= 15 is 0 Å². The Kier molecular flexibility index (Phi) is 65.4. The number of quaternary nitrogens is 4. The molecule has 0 bridgehead atoms. The first-order valence-electron chi connectivity index (χ1n) is 27.2. The third kappa shape index (κ3) is 64.0. The van der Waals surface area contributed by atoms with Gasteiger partial charge in [-0.1, -0.05) is 169 Å². The maximum Gasteiger partial charge on any atom is 0.276 e. The van der Waals surface area contributed by atoms with Gasteiger partial charge in [-0.25, -0.2) is 0 Å². The van der Waals surface area contributed by atoms with Crippen LogP contribution in [0.15, 0.2) is 0 Å². The molecule has 0 N–H and O–H groups in total. The molecule has 0 aromatic heterocycles. The lowest BCUT2D eigenvalue weighted by Gasteiger charge is -2.34. The van der Waals surface area contributed by atoms with Crippen LogP contribution < -0.4 is 19.6 Å². The number of nitrogens with zero attached hydrogens (tertiary/aromatic N) is 4. The lowest BCUT2D eigenvalue weighted by molar-refractivity contribution is -0.910. The SMILES string of the molecule is CCCC[N+](C)(CCCC)CCCC.CCCC[N+](C)(CCCC)CCCC.CCCC[N+](C)(CCCC)CCCC.CCCC[N+](C)(CCCC)CCCC.O=[P+]([O-])[O-].O=[P+]([O-])[O-]. The first kappa shape index (κ1) is 75.4. The number of rotatable bonds is 36. The first-order valence-corrected chi connectivity index (χ1v) is 29.4. The quantitative estimate of drug-likeness (QED) is 0.0455. The molecule has 0 fully saturated rings. The molecule has 0 aliphatic carbocycles. The minimum absolute atomic E-state index is 1.32. The molecule has 10 nitrogen and oxygen atoms in total.